The summed E-state index contributed by atoms with van der Waals surface area (Å²) in [4.78, 5) is 27.5. The second-order valence-electron chi connectivity index (χ2n) is 6.03. The molecule has 1 aliphatic rings. The summed E-state index contributed by atoms with van der Waals surface area (Å²) in [7, 11) is 1.67. The highest BCUT2D eigenvalue weighted by atomic mass is 32.1. The Bertz CT molecular complexity index is 948. The summed E-state index contributed by atoms with van der Waals surface area (Å²) in [6.07, 6.45) is 2.28. The number of nitrogens with one attached hydrogen (secondary N) is 1. The van der Waals surface area contributed by atoms with Gasteiger partial charge in [-0.2, -0.15) is 0 Å². The molecule has 1 fully saturated rings. The molecule has 3 aromatic rings. The van der Waals surface area contributed by atoms with E-state index >= 15 is 0 Å². The Morgan fingerprint density at radius 1 is 1.15 bits per heavy atom. The van der Waals surface area contributed by atoms with Crippen molar-refractivity contribution in [1.82, 2.24) is 10.2 Å². The molecule has 1 aliphatic carbocycles. The van der Waals surface area contributed by atoms with E-state index in [0.29, 0.717) is 27.2 Å². The number of amides is 2. The van der Waals surface area contributed by atoms with Gasteiger partial charge >= 0.3 is 0 Å². The first kappa shape index (κ1) is 16.9. The number of hydrogen-bond donors (Lipinski definition) is 1. The SMILES string of the molecule is CN(C(=O)c1cccs1)c1ccccc1C(=O)Nc1nnc(C2CC2)s1. The highest BCUT2D eigenvalue weighted by Crippen LogP contribution is 2.42. The molecule has 0 spiro atoms. The third kappa shape index (κ3) is 3.38. The van der Waals surface area contributed by atoms with Gasteiger partial charge in [-0.3, -0.25) is 14.9 Å². The summed E-state index contributed by atoms with van der Waals surface area (Å²) >= 11 is 2.79. The largest absolute Gasteiger partial charge is 0.310 e. The molecule has 1 aromatic carbocycles. The monoisotopic (exact) mass is 384 g/mol. The van der Waals surface area contributed by atoms with Gasteiger partial charge in [-0.15, -0.1) is 21.5 Å². The molecule has 1 saturated carbocycles. The second-order valence-corrected chi connectivity index (χ2v) is 7.99. The zero-order chi connectivity index (χ0) is 18.1. The standard InChI is InChI=1S/C18H16N4O2S2/c1-22(17(24)14-7-4-10-25-14)13-6-3-2-5-12(13)15(23)19-18-21-20-16(26-18)11-8-9-11/h2-7,10-11H,8-9H2,1H3,(H,19,21,23). The average Bonchev–Trinajstić information content (AvgIpc) is 3.17. The van der Waals surface area contributed by atoms with Crippen LogP contribution in [0.15, 0.2) is 41.8 Å². The van der Waals surface area contributed by atoms with Crippen LogP contribution in [-0.2, 0) is 0 Å². The molecule has 2 amide bonds. The highest BCUT2D eigenvalue weighted by molar-refractivity contribution is 7.15. The van der Waals surface area contributed by atoms with Crippen molar-refractivity contribution in [1.29, 1.82) is 0 Å². The summed E-state index contributed by atoms with van der Waals surface area (Å²) in [5.74, 6) is 0.0529. The van der Waals surface area contributed by atoms with Crippen LogP contribution in [0.4, 0.5) is 10.8 Å². The van der Waals surface area contributed by atoms with E-state index in [2.05, 4.69) is 15.5 Å². The van der Waals surface area contributed by atoms with Gasteiger partial charge in [0.25, 0.3) is 11.8 Å². The Morgan fingerprint density at radius 3 is 2.69 bits per heavy atom. The van der Waals surface area contributed by atoms with Crippen LogP contribution in [0.3, 0.4) is 0 Å². The molecule has 0 aliphatic heterocycles. The first-order valence-electron chi connectivity index (χ1n) is 8.19. The molecule has 132 valence electrons. The second kappa shape index (κ2) is 6.97. The van der Waals surface area contributed by atoms with Crippen molar-refractivity contribution >= 4 is 45.3 Å². The van der Waals surface area contributed by atoms with Crippen molar-refractivity contribution < 1.29 is 9.59 Å². The number of anilines is 2. The molecule has 0 radical (unpaired) electrons. The van der Waals surface area contributed by atoms with Crippen molar-refractivity contribution in [2.45, 2.75) is 18.8 Å². The molecule has 26 heavy (non-hydrogen) atoms. The Kier molecular flexibility index (Phi) is 4.52. The molecule has 0 unspecified atom stereocenters. The molecule has 4 rings (SSSR count). The molecule has 1 N–H and O–H groups in total. The van der Waals surface area contributed by atoms with E-state index in [9.17, 15) is 9.59 Å². The Balaban J connectivity index is 1.56. The lowest BCUT2D eigenvalue weighted by Crippen LogP contribution is -2.28. The summed E-state index contributed by atoms with van der Waals surface area (Å²) in [6, 6.07) is 10.6. The van der Waals surface area contributed by atoms with E-state index in [1.807, 2.05) is 11.4 Å². The van der Waals surface area contributed by atoms with Crippen LogP contribution in [-0.4, -0.2) is 29.1 Å². The van der Waals surface area contributed by atoms with E-state index < -0.39 is 0 Å². The fraction of sp³-hybridized carbons (Fsp3) is 0.222. The van der Waals surface area contributed by atoms with E-state index in [1.165, 1.54) is 27.6 Å². The number of carbonyl (C=O) groups is 2. The molecule has 6 nitrogen and oxygen atoms in total. The highest BCUT2D eigenvalue weighted by Gasteiger charge is 2.28. The molecule has 0 bridgehead atoms. The van der Waals surface area contributed by atoms with Crippen molar-refractivity contribution in [2.75, 3.05) is 17.3 Å². The maximum absolute atomic E-state index is 12.7. The van der Waals surface area contributed by atoms with Gasteiger partial charge in [-0.05, 0) is 36.4 Å². The Labute approximate surface area is 158 Å². The van der Waals surface area contributed by atoms with Crippen molar-refractivity contribution in [2.24, 2.45) is 0 Å². The Hall–Kier alpha value is -2.58. The quantitative estimate of drug-likeness (QED) is 0.721. The first-order valence-corrected chi connectivity index (χ1v) is 9.88. The minimum atomic E-state index is -0.301. The predicted molar refractivity (Wildman–Crippen MR) is 103 cm³/mol. The lowest BCUT2D eigenvalue weighted by atomic mass is 10.1. The van der Waals surface area contributed by atoms with Crippen LogP contribution in [0.2, 0.25) is 0 Å². The third-order valence-corrected chi connectivity index (χ3v) is 5.99. The van der Waals surface area contributed by atoms with Gasteiger partial charge in [0.15, 0.2) is 0 Å². The minimum absolute atomic E-state index is 0.146. The van der Waals surface area contributed by atoms with E-state index in [-0.39, 0.29) is 11.8 Å². The molecular weight excluding hydrogens is 368 g/mol. The van der Waals surface area contributed by atoms with Crippen molar-refractivity contribution in [3.63, 3.8) is 0 Å². The average molecular weight is 384 g/mol. The van der Waals surface area contributed by atoms with Crippen molar-refractivity contribution in [3.05, 3.63) is 57.2 Å². The predicted octanol–water partition coefficient (Wildman–Crippen LogP) is 4.01. The number of para-hydroxylation sites is 1. The van der Waals surface area contributed by atoms with E-state index in [1.54, 1.807) is 37.4 Å². The molecule has 0 saturated heterocycles. The van der Waals surface area contributed by atoms with Gasteiger partial charge < -0.3 is 4.90 Å². The molecule has 0 atom stereocenters. The van der Waals surface area contributed by atoms with Gasteiger partial charge in [0.05, 0.1) is 16.1 Å². The van der Waals surface area contributed by atoms with Gasteiger partial charge in [-0.1, -0.05) is 29.5 Å². The van der Waals surface area contributed by atoms with Gasteiger partial charge in [0, 0.05) is 13.0 Å². The van der Waals surface area contributed by atoms with Crippen LogP contribution < -0.4 is 10.2 Å². The van der Waals surface area contributed by atoms with Crippen LogP contribution >= 0.6 is 22.7 Å². The molecular formula is C18H16N4O2S2. The summed E-state index contributed by atoms with van der Waals surface area (Å²) in [5, 5.41) is 14.3. The fourth-order valence-corrected chi connectivity index (χ4v) is 4.18. The van der Waals surface area contributed by atoms with Crippen LogP contribution in [0, 0.1) is 0 Å². The maximum Gasteiger partial charge on any atom is 0.268 e. The molecule has 2 heterocycles. The minimum Gasteiger partial charge on any atom is -0.310 e. The number of thiophene rings is 1. The maximum atomic E-state index is 12.7. The summed E-state index contributed by atoms with van der Waals surface area (Å²) < 4.78 is 0. The molecule has 2 aromatic heterocycles. The van der Waals surface area contributed by atoms with Gasteiger partial charge in [0.1, 0.15) is 5.01 Å². The summed E-state index contributed by atoms with van der Waals surface area (Å²) in [5.41, 5.74) is 0.971. The normalized spacial score (nSPS) is 13.4. The number of carbonyl (C=O) groups excluding carboxylic acids is 2. The number of aromatic nitrogens is 2. The smallest absolute Gasteiger partial charge is 0.268 e. The molecule has 8 heteroatoms. The van der Waals surface area contributed by atoms with Gasteiger partial charge in [0.2, 0.25) is 5.13 Å². The zero-order valence-corrected chi connectivity index (χ0v) is 15.6. The third-order valence-electron chi connectivity index (χ3n) is 4.13. The number of rotatable bonds is 5. The number of benzene rings is 1. The van der Waals surface area contributed by atoms with Crippen LogP contribution in [0.25, 0.3) is 0 Å². The van der Waals surface area contributed by atoms with Gasteiger partial charge in [-0.25, -0.2) is 0 Å². The zero-order valence-electron chi connectivity index (χ0n) is 14.0. The van der Waals surface area contributed by atoms with E-state index in [4.69, 9.17) is 0 Å². The fourth-order valence-electron chi connectivity index (χ4n) is 2.58. The number of nitrogens with zero attached hydrogens (tertiary/aromatic N) is 3. The van der Waals surface area contributed by atoms with Crippen molar-refractivity contribution in [3.8, 4) is 0 Å². The number of hydrogen-bond acceptors (Lipinski definition) is 6. The van der Waals surface area contributed by atoms with E-state index in [0.717, 1.165) is 17.8 Å². The van der Waals surface area contributed by atoms with Crippen LogP contribution in [0.1, 0.15) is 43.8 Å². The summed E-state index contributed by atoms with van der Waals surface area (Å²) in [6.45, 7) is 0. The lowest BCUT2D eigenvalue weighted by molar-refractivity contribution is 0.0996. The lowest BCUT2D eigenvalue weighted by Gasteiger charge is -2.19. The topological polar surface area (TPSA) is 75.2 Å². The van der Waals surface area contributed by atoms with Crippen LogP contribution in [0.5, 0.6) is 0 Å². The Morgan fingerprint density at radius 2 is 1.96 bits per heavy atom. The first-order chi connectivity index (χ1) is 12.6.